The van der Waals surface area contributed by atoms with Crippen LogP contribution in [0.15, 0.2) is 60.7 Å². The van der Waals surface area contributed by atoms with Crippen LogP contribution in [0.4, 0.5) is 5.69 Å². The third-order valence-corrected chi connectivity index (χ3v) is 5.07. The minimum Gasteiger partial charge on any atom is -0.327 e. The summed E-state index contributed by atoms with van der Waals surface area (Å²) < 4.78 is 0. The van der Waals surface area contributed by atoms with Crippen LogP contribution < -0.4 is 4.90 Å². The zero-order chi connectivity index (χ0) is 21.7. The maximum absolute atomic E-state index is 12.8. The summed E-state index contributed by atoms with van der Waals surface area (Å²) in [6, 6.07) is 17.0. The van der Waals surface area contributed by atoms with E-state index in [1.165, 1.54) is 15.9 Å². The van der Waals surface area contributed by atoms with E-state index in [-0.39, 0.29) is 43.5 Å². The van der Waals surface area contributed by atoms with Crippen LogP contribution in [0.5, 0.6) is 0 Å². The first-order chi connectivity index (χ1) is 14.3. The Balaban J connectivity index is 1.65. The number of rotatable bonds is 6. The number of nitrogens with zero attached hydrogens (tertiary/aromatic N) is 3. The Labute approximate surface area is 177 Å². The summed E-state index contributed by atoms with van der Waals surface area (Å²) in [5.41, 5.74) is 2.79. The largest absolute Gasteiger partial charge is 0.327 e. The zero-order valence-corrected chi connectivity index (χ0v) is 17.6. The predicted molar refractivity (Wildman–Crippen MR) is 118 cm³/mol. The van der Waals surface area contributed by atoms with Gasteiger partial charge in [0, 0.05) is 17.8 Å². The Morgan fingerprint density at radius 2 is 1.73 bits per heavy atom. The molecule has 0 N–H and O–H groups in total. The first-order valence-electron chi connectivity index (χ1n) is 10.0. The molecule has 0 radical (unpaired) electrons. The van der Waals surface area contributed by atoms with Crippen LogP contribution in [-0.4, -0.2) is 53.3 Å². The van der Waals surface area contributed by atoms with Crippen LogP contribution in [0.3, 0.4) is 0 Å². The lowest BCUT2D eigenvalue weighted by atomic mass is 10.2. The van der Waals surface area contributed by atoms with Gasteiger partial charge in [0.1, 0.15) is 19.8 Å². The maximum Gasteiger partial charge on any atom is 0.248 e. The van der Waals surface area contributed by atoms with E-state index in [9.17, 15) is 14.4 Å². The Hall–Kier alpha value is -3.41. The summed E-state index contributed by atoms with van der Waals surface area (Å²) in [6.07, 6.45) is 3.22. The molecular formula is C24H27N3O3. The Kier molecular flexibility index (Phi) is 6.67. The summed E-state index contributed by atoms with van der Waals surface area (Å²) in [5, 5.41) is 0. The van der Waals surface area contributed by atoms with Crippen LogP contribution in [0.25, 0.3) is 6.08 Å². The minimum atomic E-state index is -0.242. The average Bonchev–Trinajstić information content (AvgIpc) is 3.13. The Morgan fingerprint density at radius 1 is 1.07 bits per heavy atom. The van der Waals surface area contributed by atoms with Gasteiger partial charge in [-0.1, -0.05) is 48.0 Å². The van der Waals surface area contributed by atoms with Crippen molar-refractivity contribution in [3.05, 3.63) is 71.8 Å². The molecule has 3 rings (SSSR count). The first-order valence-corrected chi connectivity index (χ1v) is 10.0. The quantitative estimate of drug-likeness (QED) is 0.694. The normalized spacial score (nSPS) is 14.1. The molecule has 0 aliphatic carbocycles. The van der Waals surface area contributed by atoms with Crippen LogP contribution in [-0.2, 0) is 14.4 Å². The van der Waals surface area contributed by atoms with Crippen molar-refractivity contribution in [1.82, 2.24) is 9.80 Å². The smallest absolute Gasteiger partial charge is 0.248 e. The zero-order valence-electron chi connectivity index (χ0n) is 17.6. The second kappa shape index (κ2) is 9.39. The van der Waals surface area contributed by atoms with E-state index < -0.39 is 0 Å². The standard InChI is InChI=1S/C24H27N3O3/c1-18(2)26(22(28)14-11-20-7-5-4-6-8-20)16-23(29)25-15-24(30)27(17-25)21-12-9-19(3)10-13-21/h4-14,18H,15-17H2,1-3H3. The molecular weight excluding hydrogens is 378 g/mol. The molecule has 30 heavy (non-hydrogen) atoms. The van der Waals surface area contributed by atoms with Gasteiger partial charge in [-0.3, -0.25) is 19.3 Å². The number of anilines is 1. The average molecular weight is 405 g/mol. The molecule has 0 atom stereocenters. The number of benzene rings is 2. The molecule has 2 aromatic carbocycles. The summed E-state index contributed by atoms with van der Waals surface area (Å²) in [5.74, 6) is -0.602. The number of hydrogen-bond acceptors (Lipinski definition) is 3. The number of hydrogen-bond donors (Lipinski definition) is 0. The van der Waals surface area contributed by atoms with Crippen molar-refractivity contribution < 1.29 is 14.4 Å². The van der Waals surface area contributed by atoms with Crippen LogP contribution in [0, 0.1) is 6.92 Å². The molecule has 0 saturated carbocycles. The van der Waals surface area contributed by atoms with Gasteiger partial charge in [-0.15, -0.1) is 0 Å². The molecule has 0 aromatic heterocycles. The summed E-state index contributed by atoms with van der Waals surface area (Å²) in [7, 11) is 0. The monoisotopic (exact) mass is 405 g/mol. The molecule has 1 fully saturated rings. The number of amides is 3. The van der Waals surface area contributed by atoms with Gasteiger partial charge in [0.2, 0.25) is 17.7 Å². The van der Waals surface area contributed by atoms with Gasteiger partial charge in [0.25, 0.3) is 0 Å². The fourth-order valence-corrected chi connectivity index (χ4v) is 3.25. The first kappa shape index (κ1) is 21.3. The molecule has 0 spiro atoms. The SMILES string of the molecule is Cc1ccc(N2CN(C(=O)CN(C(=O)C=Cc3ccccc3)C(C)C)CC2=O)cc1. The maximum atomic E-state index is 12.8. The Morgan fingerprint density at radius 3 is 2.37 bits per heavy atom. The summed E-state index contributed by atoms with van der Waals surface area (Å²) in [6.45, 7) is 5.87. The van der Waals surface area contributed by atoms with E-state index in [1.54, 1.807) is 11.0 Å². The van der Waals surface area contributed by atoms with Gasteiger partial charge in [0.15, 0.2) is 0 Å². The summed E-state index contributed by atoms with van der Waals surface area (Å²) in [4.78, 5) is 42.6. The highest BCUT2D eigenvalue weighted by molar-refractivity contribution is 6.01. The van der Waals surface area contributed by atoms with E-state index in [0.717, 1.165) is 16.8 Å². The molecule has 1 aliphatic rings. The van der Waals surface area contributed by atoms with Crippen molar-refractivity contribution in [1.29, 1.82) is 0 Å². The molecule has 1 saturated heterocycles. The van der Waals surface area contributed by atoms with Crippen molar-refractivity contribution >= 4 is 29.5 Å². The highest BCUT2D eigenvalue weighted by Crippen LogP contribution is 2.20. The number of carbonyl (C=O) groups is 3. The third kappa shape index (κ3) is 5.14. The van der Waals surface area contributed by atoms with Gasteiger partial charge in [-0.2, -0.15) is 0 Å². The van der Waals surface area contributed by atoms with Gasteiger partial charge < -0.3 is 9.80 Å². The molecule has 156 valence electrons. The fourth-order valence-electron chi connectivity index (χ4n) is 3.25. The highest BCUT2D eigenvalue weighted by Gasteiger charge is 2.33. The molecule has 3 amide bonds. The van der Waals surface area contributed by atoms with E-state index in [1.807, 2.05) is 75.4 Å². The van der Waals surface area contributed by atoms with Gasteiger partial charge in [-0.25, -0.2) is 0 Å². The van der Waals surface area contributed by atoms with Crippen LogP contribution in [0.1, 0.15) is 25.0 Å². The topological polar surface area (TPSA) is 60.9 Å². The lowest BCUT2D eigenvalue weighted by Gasteiger charge is -2.27. The van der Waals surface area contributed by atoms with E-state index >= 15 is 0 Å². The molecule has 6 nitrogen and oxygen atoms in total. The lowest BCUT2D eigenvalue weighted by Crippen LogP contribution is -2.45. The molecule has 1 aliphatic heterocycles. The minimum absolute atomic E-state index is 0.0205. The lowest BCUT2D eigenvalue weighted by molar-refractivity contribution is -0.139. The summed E-state index contributed by atoms with van der Waals surface area (Å²) >= 11 is 0. The molecule has 6 heteroatoms. The second-order valence-corrected chi connectivity index (χ2v) is 7.69. The van der Waals surface area contributed by atoms with Crippen LogP contribution in [0.2, 0.25) is 0 Å². The van der Waals surface area contributed by atoms with Gasteiger partial charge in [-0.05, 0) is 44.5 Å². The molecule has 0 unspecified atom stereocenters. The predicted octanol–water partition coefficient (Wildman–Crippen LogP) is 3.08. The van der Waals surface area contributed by atoms with Gasteiger partial charge in [0.05, 0.1) is 0 Å². The van der Waals surface area contributed by atoms with Crippen molar-refractivity contribution in [3.63, 3.8) is 0 Å². The van der Waals surface area contributed by atoms with Gasteiger partial charge >= 0.3 is 0 Å². The second-order valence-electron chi connectivity index (χ2n) is 7.69. The molecule has 1 heterocycles. The van der Waals surface area contributed by atoms with Crippen molar-refractivity contribution in [2.45, 2.75) is 26.8 Å². The highest BCUT2D eigenvalue weighted by atomic mass is 16.2. The number of aryl methyl sites for hydroxylation is 1. The Bertz CT molecular complexity index is 936. The van der Waals surface area contributed by atoms with E-state index in [4.69, 9.17) is 0 Å². The third-order valence-electron chi connectivity index (χ3n) is 5.07. The van der Waals surface area contributed by atoms with E-state index in [0.29, 0.717) is 0 Å². The molecule has 0 bridgehead atoms. The number of carbonyl (C=O) groups excluding carboxylic acids is 3. The van der Waals surface area contributed by atoms with Crippen LogP contribution >= 0.6 is 0 Å². The molecule has 2 aromatic rings. The van der Waals surface area contributed by atoms with Crippen molar-refractivity contribution in [2.24, 2.45) is 0 Å². The van der Waals surface area contributed by atoms with Crippen molar-refractivity contribution in [2.75, 3.05) is 24.7 Å². The fraction of sp³-hybridized carbons (Fsp3) is 0.292. The van der Waals surface area contributed by atoms with Crippen molar-refractivity contribution in [3.8, 4) is 0 Å². The van der Waals surface area contributed by atoms with E-state index in [2.05, 4.69) is 0 Å².